The average Bonchev–Trinajstić information content (AvgIpc) is 2.77. The smallest absolute Gasteiger partial charge is 0.138 e. The van der Waals surface area contributed by atoms with E-state index in [1.165, 1.54) is 25.7 Å². The first-order chi connectivity index (χ1) is 7.77. The summed E-state index contributed by atoms with van der Waals surface area (Å²) in [6.45, 7) is 1.74. The molecule has 1 aliphatic rings. The zero-order valence-electron chi connectivity index (χ0n) is 9.38. The highest BCUT2D eigenvalue weighted by Gasteiger charge is 2.14. The fraction of sp³-hybridized carbons (Fsp3) is 0.538. The van der Waals surface area contributed by atoms with Crippen molar-refractivity contribution in [1.82, 2.24) is 5.32 Å². The number of hydrogen-bond acceptors (Lipinski definition) is 2. The van der Waals surface area contributed by atoms with Crippen molar-refractivity contribution in [2.45, 2.75) is 32.2 Å². The highest BCUT2D eigenvalue weighted by atomic mass is 35.5. The summed E-state index contributed by atoms with van der Waals surface area (Å²) in [6.07, 6.45) is 5.42. The summed E-state index contributed by atoms with van der Waals surface area (Å²) in [5, 5.41) is 13.5. The molecule has 1 aromatic carbocycles. The quantitative estimate of drug-likeness (QED) is 0.845. The molecule has 2 N–H and O–H groups in total. The van der Waals surface area contributed by atoms with Gasteiger partial charge >= 0.3 is 0 Å². The second-order valence-electron chi connectivity index (χ2n) is 4.53. The zero-order valence-corrected chi connectivity index (χ0v) is 10.1. The molecular weight excluding hydrogens is 222 g/mol. The minimum Gasteiger partial charge on any atom is -0.506 e. The van der Waals surface area contributed by atoms with Crippen LogP contribution in [0.3, 0.4) is 0 Å². The third-order valence-electron chi connectivity index (χ3n) is 3.29. The molecule has 2 nitrogen and oxygen atoms in total. The molecule has 0 amide bonds. The SMILES string of the molecule is Oc1c(Cl)cccc1CNCC1CCCC1. The maximum absolute atomic E-state index is 9.72. The van der Waals surface area contributed by atoms with E-state index in [-0.39, 0.29) is 5.75 Å². The van der Waals surface area contributed by atoms with Gasteiger partial charge in [0.25, 0.3) is 0 Å². The predicted octanol–water partition coefficient (Wildman–Crippen LogP) is 3.33. The number of benzene rings is 1. The fourth-order valence-corrected chi connectivity index (χ4v) is 2.52. The van der Waals surface area contributed by atoms with Gasteiger partial charge in [-0.3, -0.25) is 0 Å². The van der Waals surface area contributed by atoms with Crippen molar-refractivity contribution in [1.29, 1.82) is 0 Å². The minimum absolute atomic E-state index is 0.211. The summed E-state index contributed by atoms with van der Waals surface area (Å²) < 4.78 is 0. The lowest BCUT2D eigenvalue weighted by Crippen LogP contribution is -2.20. The van der Waals surface area contributed by atoms with Gasteiger partial charge in [0.15, 0.2) is 0 Å². The topological polar surface area (TPSA) is 32.3 Å². The number of nitrogens with one attached hydrogen (secondary N) is 1. The van der Waals surface area contributed by atoms with E-state index in [4.69, 9.17) is 11.6 Å². The van der Waals surface area contributed by atoms with Crippen LogP contribution >= 0.6 is 11.6 Å². The summed E-state index contributed by atoms with van der Waals surface area (Å²) in [5.41, 5.74) is 0.880. The van der Waals surface area contributed by atoms with Crippen LogP contribution in [0.4, 0.5) is 0 Å². The lowest BCUT2D eigenvalue weighted by atomic mass is 10.1. The third kappa shape index (κ3) is 2.89. The second-order valence-corrected chi connectivity index (χ2v) is 4.94. The van der Waals surface area contributed by atoms with Gasteiger partial charge in [0.05, 0.1) is 5.02 Å². The molecule has 0 unspecified atom stereocenters. The number of para-hydroxylation sites is 1. The molecule has 1 aliphatic carbocycles. The molecule has 0 saturated heterocycles. The number of phenolic OH excluding ortho intramolecular Hbond substituents is 1. The number of aromatic hydroxyl groups is 1. The first-order valence-corrected chi connectivity index (χ1v) is 6.32. The Balaban J connectivity index is 1.82. The molecule has 0 atom stereocenters. The molecule has 16 heavy (non-hydrogen) atoms. The van der Waals surface area contributed by atoms with Gasteiger partial charge in [0.1, 0.15) is 5.75 Å². The second kappa shape index (κ2) is 5.55. The highest BCUT2D eigenvalue weighted by Crippen LogP contribution is 2.27. The molecule has 0 bridgehead atoms. The Morgan fingerprint density at radius 2 is 2.06 bits per heavy atom. The minimum atomic E-state index is 0.211. The maximum Gasteiger partial charge on any atom is 0.138 e. The zero-order chi connectivity index (χ0) is 11.4. The molecule has 1 fully saturated rings. The van der Waals surface area contributed by atoms with E-state index in [2.05, 4.69) is 5.32 Å². The van der Waals surface area contributed by atoms with Crippen molar-refractivity contribution < 1.29 is 5.11 Å². The number of phenols is 1. The summed E-state index contributed by atoms with van der Waals surface area (Å²) in [5.74, 6) is 1.03. The summed E-state index contributed by atoms with van der Waals surface area (Å²) in [6, 6.07) is 5.48. The molecule has 0 aliphatic heterocycles. The molecule has 88 valence electrons. The van der Waals surface area contributed by atoms with Crippen LogP contribution in [-0.2, 0) is 6.54 Å². The van der Waals surface area contributed by atoms with Crippen LogP contribution in [0.15, 0.2) is 18.2 Å². The Morgan fingerprint density at radius 3 is 2.81 bits per heavy atom. The van der Waals surface area contributed by atoms with Gasteiger partial charge in [-0.1, -0.05) is 36.6 Å². The van der Waals surface area contributed by atoms with E-state index in [0.717, 1.165) is 18.0 Å². The summed E-state index contributed by atoms with van der Waals surface area (Å²) in [7, 11) is 0. The number of halogens is 1. The van der Waals surface area contributed by atoms with E-state index in [9.17, 15) is 5.11 Å². The largest absolute Gasteiger partial charge is 0.506 e. The first-order valence-electron chi connectivity index (χ1n) is 5.94. The molecule has 1 saturated carbocycles. The van der Waals surface area contributed by atoms with Crippen LogP contribution in [0.1, 0.15) is 31.2 Å². The van der Waals surface area contributed by atoms with E-state index >= 15 is 0 Å². The molecule has 0 heterocycles. The van der Waals surface area contributed by atoms with Crippen LogP contribution in [0, 0.1) is 5.92 Å². The van der Waals surface area contributed by atoms with Crippen LogP contribution in [0.2, 0.25) is 5.02 Å². The van der Waals surface area contributed by atoms with E-state index in [1.54, 1.807) is 6.07 Å². The van der Waals surface area contributed by atoms with Crippen molar-refractivity contribution in [3.63, 3.8) is 0 Å². The van der Waals surface area contributed by atoms with Crippen LogP contribution in [0.25, 0.3) is 0 Å². The van der Waals surface area contributed by atoms with Gasteiger partial charge < -0.3 is 10.4 Å². The van der Waals surface area contributed by atoms with Crippen LogP contribution in [-0.4, -0.2) is 11.7 Å². The Hall–Kier alpha value is -0.730. The molecule has 0 spiro atoms. The van der Waals surface area contributed by atoms with Gasteiger partial charge in [0, 0.05) is 12.1 Å². The summed E-state index contributed by atoms with van der Waals surface area (Å²) >= 11 is 5.84. The highest BCUT2D eigenvalue weighted by molar-refractivity contribution is 6.32. The molecule has 3 heteroatoms. The first kappa shape index (κ1) is 11.7. The van der Waals surface area contributed by atoms with Crippen molar-refractivity contribution in [2.24, 2.45) is 5.92 Å². The van der Waals surface area contributed by atoms with E-state index < -0.39 is 0 Å². The molecule has 1 aromatic rings. The molecule has 0 aromatic heterocycles. The van der Waals surface area contributed by atoms with Crippen LogP contribution < -0.4 is 5.32 Å². The Labute approximate surface area is 102 Å². The van der Waals surface area contributed by atoms with Crippen LogP contribution in [0.5, 0.6) is 5.75 Å². The van der Waals surface area contributed by atoms with Gasteiger partial charge in [-0.25, -0.2) is 0 Å². The van der Waals surface area contributed by atoms with Gasteiger partial charge in [0.2, 0.25) is 0 Å². The van der Waals surface area contributed by atoms with E-state index in [0.29, 0.717) is 11.6 Å². The monoisotopic (exact) mass is 239 g/mol. The average molecular weight is 240 g/mol. The van der Waals surface area contributed by atoms with Gasteiger partial charge in [-0.2, -0.15) is 0 Å². The molecular formula is C13H18ClNO. The third-order valence-corrected chi connectivity index (χ3v) is 3.60. The van der Waals surface area contributed by atoms with Crippen molar-refractivity contribution in [2.75, 3.05) is 6.54 Å². The number of hydrogen-bond donors (Lipinski definition) is 2. The van der Waals surface area contributed by atoms with Crippen molar-refractivity contribution >= 4 is 11.6 Å². The lowest BCUT2D eigenvalue weighted by Gasteiger charge is -2.11. The maximum atomic E-state index is 9.72. The van der Waals surface area contributed by atoms with E-state index in [1.807, 2.05) is 12.1 Å². The van der Waals surface area contributed by atoms with Gasteiger partial charge in [-0.15, -0.1) is 0 Å². The lowest BCUT2D eigenvalue weighted by molar-refractivity contribution is 0.454. The fourth-order valence-electron chi connectivity index (χ4n) is 2.33. The Kier molecular flexibility index (Phi) is 4.08. The molecule has 0 radical (unpaired) electrons. The summed E-state index contributed by atoms with van der Waals surface area (Å²) in [4.78, 5) is 0. The Bertz CT molecular complexity index is 348. The standard InChI is InChI=1S/C13H18ClNO/c14-12-7-3-6-11(13(12)16)9-15-8-10-4-1-2-5-10/h3,6-7,10,15-16H,1-2,4-5,8-9H2. The van der Waals surface area contributed by atoms with Crippen molar-refractivity contribution in [3.05, 3.63) is 28.8 Å². The predicted molar refractivity (Wildman–Crippen MR) is 66.8 cm³/mol. The Morgan fingerprint density at radius 1 is 1.31 bits per heavy atom. The molecule has 2 rings (SSSR count). The van der Waals surface area contributed by atoms with Gasteiger partial charge in [-0.05, 0) is 31.4 Å². The normalized spacial score (nSPS) is 16.8. The number of rotatable bonds is 4. The van der Waals surface area contributed by atoms with Crippen molar-refractivity contribution in [3.8, 4) is 5.75 Å².